The maximum atomic E-state index is 12.3. The maximum absolute atomic E-state index is 12.3. The van der Waals surface area contributed by atoms with E-state index in [0.29, 0.717) is 17.5 Å². The summed E-state index contributed by atoms with van der Waals surface area (Å²) in [6.07, 6.45) is 6.20. The van der Waals surface area contributed by atoms with Crippen LogP contribution >= 0.6 is 11.8 Å². The zero-order valence-corrected chi connectivity index (χ0v) is 13.7. The van der Waals surface area contributed by atoms with Gasteiger partial charge in [0.1, 0.15) is 11.5 Å². The van der Waals surface area contributed by atoms with Crippen molar-refractivity contribution in [3.05, 3.63) is 20.8 Å². The van der Waals surface area contributed by atoms with Crippen LogP contribution in [0.4, 0.5) is 11.5 Å². The molecular weight excluding hydrogens is 288 g/mol. The van der Waals surface area contributed by atoms with Crippen LogP contribution in [0.5, 0.6) is 0 Å². The SMILES string of the molecule is CCCn1c(N)c(NC2CCCC2SC)c(=O)n(C)c1=O. The van der Waals surface area contributed by atoms with Crippen LogP contribution in [-0.4, -0.2) is 26.7 Å². The summed E-state index contributed by atoms with van der Waals surface area (Å²) in [5.41, 5.74) is 5.77. The molecule has 1 aromatic heterocycles. The van der Waals surface area contributed by atoms with Crippen molar-refractivity contribution in [1.29, 1.82) is 0 Å². The van der Waals surface area contributed by atoms with Crippen molar-refractivity contribution in [2.75, 3.05) is 17.3 Å². The van der Waals surface area contributed by atoms with Gasteiger partial charge in [-0.25, -0.2) is 4.79 Å². The molecule has 2 unspecified atom stereocenters. The normalized spacial score (nSPS) is 21.7. The third kappa shape index (κ3) is 2.97. The van der Waals surface area contributed by atoms with Gasteiger partial charge in [-0.1, -0.05) is 13.3 Å². The lowest BCUT2D eigenvalue weighted by atomic mass is 10.2. The number of nitrogens with one attached hydrogen (secondary N) is 1. The quantitative estimate of drug-likeness (QED) is 0.855. The zero-order chi connectivity index (χ0) is 15.6. The summed E-state index contributed by atoms with van der Waals surface area (Å²) in [6.45, 7) is 2.49. The Bertz CT molecular complexity index is 623. The Kier molecular flexibility index (Phi) is 5.03. The summed E-state index contributed by atoms with van der Waals surface area (Å²) in [5.74, 6) is 0.261. The lowest BCUT2D eigenvalue weighted by Gasteiger charge is -2.22. The van der Waals surface area contributed by atoms with Crippen molar-refractivity contribution < 1.29 is 0 Å². The number of hydrogen-bond donors (Lipinski definition) is 2. The molecule has 1 aromatic rings. The number of nitrogen functional groups attached to an aromatic ring is 1. The molecule has 1 aliphatic rings. The molecule has 2 rings (SSSR count). The van der Waals surface area contributed by atoms with E-state index in [-0.39, 0.29) is 23.1 Å². The highest BCUT2D eigenvalue weighted by Gasteiger charge is 2.28. The van der Waals surface area contributed by atoms with Crippen molar-refractivity contribution >= 4 is 23.3 Å². The second kappa shape index (κ2) is 6.60. The molecule has 21 heavy (non-hydrogen) atoms. The summed E-state index contributed by atoms with van der Waals surface area (Å²) in [7, 11) is 1.50. The van der Waals surface area contributed by atoms with E-state index in [4.69, 9.17) is 5.73 Å². The molecule has 7 heteroatoms. The molecule has 1 saturated carbocycles. The van der Waals surface area contributed by atoms with Crippen LogP contribution in [0.1, 0.15) is 32.6 Å². The lowest BCUT2D eigenvalue weighted by Crippen LogP contribution is -2.42. The Morgan fingerprint density at radius 1 is 1.38 bits per heavy atom. The Labute approximate surface area is 128 Å². The third-order valence-corrected chi connectivity index (χ3v) is 5.29. The molecule has 0 bridgehead atoms. The Balaban J connectivity index is 2.43. The minimum Gasteiger partial charge on any atom is -0.383 e. The highest BCUT2D eigenvalue weighted by molar-refractivity contribution is 7.99. The smallest absolute Gasteiger partial charge is 0.332 e. The van der Waals surface area contributed by atoms with E-state index in [0.717, 1.165) is 30.3 Å². The molecule has 0 aromatic carbocycles. The second-order valence-electron chi connectivity index (χ2n) is 5.51. The standard InChI is InChI=1S/C14H24N4O2S/c1-4-8-18-12(15)11(13(19)17(2)14(18)20)16-9-6-5-7-10(9)21-3/h9-10,16H,4-8,15H2,1-3H3. The summed E-state index contributed by atoms with van der Waals surface area (Å²) in [5, 5.41) is 3.79. The van der Waals surface area contributed by atoms with Gasteiger partial charge in [0.15, 0.2) is 0 Å². The first-order valence-electron chi connectivity index (χ1n) is 7.39. The predicted molar refractivity (Wildman–Crippen MR) is 89.2 cm³/mol. The highest BCUT2D eigenvalue weighted by Crippen LogP contribution is 2.31. The fourth-order valence-corrected chi connectivity index (χ4v) is 3.85. The molecule has 0 spiro atoms. The van der Waals surface area contributed by atoms with Gasteiger partial charge in [0, 0.05) is 24.9 Å². The van der Waals surface area contributed by atoms with Crippen LogP contribution in [0.25, 0.3) is 0 Å². The van der Waals surface area contributed by atoms with Crippen molar-refractivity contribution in [2.45, 2.75) is 50.4 Å². The number of anilines is 2. The van der Waals surface area contributed by atoms with E-state index in [9.17, 15) is 9.59 Å². The fourth-order valence-electron chi connectivity index (χ4n) is 2.92. The molecule has 1 fully saturated rings. The molecular formula is C14H24N4O2S. The molecule has 0 radical (unpaired) electrons. The Morgan fingerprint density at radius 3 is 2.71 bits per heavy atom. The van der Waals surface area contributed by atoms with Gasteiger partial charge in [-0.2, -0.15) is 11.8 Å². The van der Waals surface area contributed by atoms with Crippen LogP contribution in [0, 0.1) is 0 Å². The predicted octanol–water partition coefficient (Wildman–Crippen LogP) is 1.24. The first kappa shape index (κ1) is 16.0. The van der Waals surface area contributed by atoms with Crippen molar-refractivity contribution in [3.8, 4) is 0 Å². The summed E-state index contributed by atoms with van der Waals surface area (Å²) in [6, 6.07) is 0.238. The lowest BCUT2D eigenvalue weighted by molar-refractivity contribution is 0.598. The average Bonchev–Trinajstić information content (AvgIpc) is 2.93. The summed E-state index contributed by atoms with van der Waals surface area (Å²) >= 11 is 1.81. The number of nitrogens with two attached hydrogens (primary N) is 1. The molecule has 3 N–H and O–H groups in total. The number of hydrogen-bond acceptors (Lipinski definition) is 5. The molecule has 0 saturated heterocycles. The second-order valence-corrected chi connectivity index (χ2v) is 6.59. The van der Waals surface area contributed by atoms with Crippen molar-refractivity contribution in [3.63, 3.8) is 0 Å². The number of rotatable bonds is 5. The molecule has 6 nitrogen and oxygen atoms in total. The molecule has 1 aliphatic carbocycles. The molecule has 0 amide bonds. The van der Waals surface area contributed by atoms with Crippen LogP contribution < -0.4 is 22.3 Å². The maximum Gasteiger partial charge on any atom is 0.332 e. The van der Waals surface area contributed by atoms with Gasteiger partial charge in [-0.05, 0) is 25.5 Å². The van der Waals surface area contributed by atoms with Gasteiger partial charge in [0.25, 0.3) is 5.56 Å². The third-order valence-electron chi connectivity index (χ3n) is 4.12. The average molecular weight is 312 g/mol. The van der Waals surface area contributed by atoms with E-state index in [1.165, 1.54) is 11.6 Å². The molecule has 2 atom stereocenters. The van der Waals surface area contributed by atoms with Crippen molar-refractivity contribution in [2.24, 2.45) is 7.05 Å². The fraction of sp³-hybridized carbons (Fsp3) is 0.714. The molecule has 118 valence electrons. The van der Waals surface area contributed by atoms with Gasteiger partial charge >= 0.3 is 5.69 Å². The summed E-state index contributed by atoms with van der Waals surface area (Å²) in [4.78, 5) is 24.5. The largest absolute Gasteiger partial charge is 0.383 e. The minimum absolute atomic E-state index is 0.238. The number of aromatic nitrogens is 2. The summed E-state index contributed by atoms with van der Waals surface area (Å²) < 4.78 is 2.62. The molecule has 1 heterocycles. The van der Waals surface area contributed by atoms with Gasteiger partial charge < -0.3 is 11.1 Å². The number of nitrogens with zero attached hydrogens (tertiary/aromatic N) is 2. The van der Waals surface area contributed by atoms with Crippen LogP contribution in [0.15, 0.2) is 9.59 Å². The van der Waals surface area contributed by atoms with Gasteiger partial charge in [-0.15, -0.1) is 0 Å². The Morgan fingerprint density at radius 2 is 2.10 bits per heavy atom. The van der Waals surface area contributed by atoms with Crippen molar-refractivity contribution in [1.82, 2.24) is 9.13 Å². The van der Waals surface area contributed by atoms with E-state index in [1.807, 2.05) is 18.7 Å². The van der Waals surface area contributed by atoms with E-state index < -0.39 is 0 Å². The molecule has 0 aliphatic heterocycles. The van der Waals surface area contributed by atoms with Gasteiger partial charge in [-0.3, -0.25) is 13.9 Å². The van der Waals surface area contributed by atoms with E-state index in [2.05, 4.69) is 11.6 Å². The van der Waals surface area contributed by atoms with E-state index >= 15 is 0 Å². The first-order valence-corrected chi connectivity index (χ1v) is 8.68. The topological polar surface area (TPSA) is 82.0 Å². The van der Waals surface area contributed by atoms with Crippen LogP contribution in [0.2, 0.25) is 0 Å². The van der Waals surface area contributed by atoms with E-state index in [1.54, 1.807) is 0 Å². The Hall–Kier alpha value is -1.37. The van der Waals surface area contributed by atoms with Crippen LogP contribution in [-0.2, 0) is 13.6 Å². The zero-order valence-electron chi connectivity index (χ0n) is 12.9. The minimum atomic E-state index is -0.349. The van der Waals surface area contributed by atoms with Gasteiger partial charge in [0.05, 0.1) is 0 Å². The first-order chi connectivity index (χ1) is 10.0. The number of thioether (sulfide) groups is 1. The monoisotopic (exact) mass is 312 g/mol. The van der Waals surface area contributed by atoms with Crippen LogP contribution in [0.3, 0.4) is 0 Å². The highest BCUT2D eigenvalue weighted by atomic mass is 32.2. The van der Waals surface area contributed by atoms with Gasteiger partial charge in [0.2, 0.25) is 0 Å².